The zero-order valence-corrected chi connectivity index (χ0v) is 20.6. The Hall–Kier alpha value is -3.97. The highest BCUT2D eigenvalue weighted by molar-refractivity contribution is 7.89. The summed E-state index contributed by atoms with van der Waals surface area (Å²) in [6.07, 6.45) is -0.521. The Kier molecular flexibility index (Phi) is 10.8. The van der Waals surface area contributed by atoms with Gasteiger partial charge in [-0.1, -0.05) is 48.0 Å². The minimum atomic E-state index is -4.02. The minimum absolute atomic E-state index is 0.0127. The second-order valence-electron chi connectivity index (χ2n) is 7.77. The van der Waals surface area contributed by atoms with E-state index in [9.17, 15) is 22.8 Å². The van der Waals surface area contributed by atoms with Crippen LogP contribution in [0.25, 0.3) is 0 Å². The zero-order chi connectivity index (χ0) is 26.6. The fourth-order valence-corrected chi connectivity index (χ4v) is 4.14. The molecule has 0 aliphatic carbocycles. The van der Waals surface area contributed by atoms with Gasteiger partial charge in [-0.15, -0.1) is 0 Å². The van der Waals surface area contributed by atoms with Gasteiger partial charge in [0, 0.05) is 6.54 Å². The second kappa shape index (κ2) is 13.8. The van der Waals surface area contributed by atoms with E-state index >= 15 is 0 Å². The molecule has 0 unspecified atom stereocenters. The summed E-state index contributed by atoms with van der Waals surface area (Å²) < 4.78 is 32.9. The molecule has 194 valence electrons. The van der Waals surface area contributed by atoms with E-state index < -0.39 is 40.5 Å². The molecular weight excluding hydrogens is 488 g/mol. The van der Waals surface area contributed by atoms with Crippen LogP contribution in [0.5, 0.6) is 0 Å². The summed E-state index contributed by atoms with van der Waals surface area (Å²) in [5, 5.41) is 4.58. The number of nitrogens with one attached hydrogen (secondary N) is 3. The smallest absolute Gasteiger partial charge is 0.414 e. The summed E-state index contributed by atoms with van der Waals surface area (Å²) >= 11 is 0. The number of sulfonamides is 1. The van der Waals surface area contributed by atoms with Gasteiger partial charge in [0.05, 0.1) is 11.4 Å². The maximum atomic E-state index is 12.7. The van der Waals surface area contributed by atoms with Crippen LogP contribution in [0.3, 0.4) is 0 Å². The highest BCUT2D eigenvalue weighted by Crippen LogP contribution is 2.12. The molecule has 0 radical (unpaired) electrons. The Labute approximate surface area is 209 Å². The topological polar surface area (TPSA) is 195 Å². The van der Waals surface area contributed by atoms with Crippen molar-refractivity contribution in [1.29, 1.82) is 0 Å². The summed E-state index contributed by atoms with van der Waals surface area (Å²) in [5.74, 6) is -1.68. The van der Waals surface area contributed by atoms with Crippen molar-refractivity contribution in [1.82, 2.24) is 15.4 Å². The third-order valence-corrected chi connectivity index (χ3v) is 6.25. The number of guanidine groups is 1. The lowest BCUT2D eigenvalue weighted by atomic mass is 10.1. The lowest BCUT2D eigenvalue weighted by molar-refractivity contribution is -0.126. The van der Waals surface area contributed by atoms with Gasteiger partial charge in [-0.2, -0.15) is 4.72 Å². The molecule has 3 amide bonds. The molecular formula is C23H30N6O6S. The van der Waals surface area contributed by atoms with Crippen molar-refractivity contribution in [2.45, 2.75) is 37.3 Å². The summed E-state index contributed by atoms with van der Waals surface area (Å²) in [6, 6.07) is 14.0. The fourth-order valence-electron chi connectivity index (χ4n) is 2.91. The van der Waals surface area contributed by atoms with E-state index in [-0.39, 0.29) is 36.8 Å². The minimum Gasteiger partial charge on any atom is -0.444 e. The maximum Gasteiger partial charge on any atom is 0.414 e. The van der Waals surface area contributed by atoms with Crippen molar-refractivity contribution >= 4 is 33.9 Å². The molecule has 13 heteroatoms. The van der Waals surface area contributed by atoms with Gasteiger partial charge in [-0.3, -0.25) is 19.9 Å². The van der Waals surface area contributed by atoms with Gasteiger partial charge < -0.3 is 21.5 Å². The van der Waals surface area contributed by atoms with Gasteiger partial charge in [0.25, 0.3) is 0 Å². The lowest BCUT2D eigenvalue weighted by Gasteiger charge is -2.18. The van der Waals surface area contributed by atoms with Gasteiger partial charge in [-0.05, 0) is 37.5 Å². The zero-order valence-electron chi connectivity index (χ0n) is 19.8. The number of ether oxygens (including phenoxy) is 1. The number of carbonyl (C=O) groups excluding carboxylic acids is 3. The number of carbonyl (C=O) groups is 3. The first-order valence-corrected chi connectivity index (χ1v) is 12.5. The first-order chi connectivity index (χ1) is 17.1. The van der Waals surface area contributed by atoms with Crippen LogP contribution in [0, 0.1) is 6.92 Å². The average Bonchev–Trinajstić information content (AvgIpc) is 2.84. The van der Waals surface area contributed by atoms with Crippen LogP contribution in [0.2, 0.25) is 0 Å². The molecule has 0 saturated heterocycles. The van der Waals surface area contributed by atoms with Crippen LogP contribution in [0.15, 0.2) is 64.5 Å². The number of nitrogens with two attached hydrogens (primary N) is 2. The SMILES string of the molecule is Cc1ccc(S(=O)(=O)N[C@H](CCCN=C(N)NC(=O)OCc2ccccc2)C(=O)NCC(N)=O)cc1. The third kappa shape index (κ3) is 10.1. The largest absolute Gasteiger partial charge is 0.444 e. The Balaban J connectivity index is 1.91. The number of alkyl carbamates (subject to hydrolysis) is 1. The summed E-state index contributed by atoms with van der Waals surface area (Å²) in [5.41, 5.74) is 12.4. The van der Waals surface area contributed by atoms with Crippen molar-refractivity contribution in [3.63, 3.8) is 0 Å². The Bertz CT molecular complexity index is 1170. The highest BCUT2D eigenvalue weighted by Gasteiger charge is 2.25. The summed E-state index contributed by atoms with van der Waals surface area (Å²) in [6.45, 7) is 1.51. The average molecular weight is 519 g/mol. The Morgan fingerprint density at radius 3 is 2.33 bits per heavy atom. The molecule has 1 atom stereocenters. The number of aryl methyl sites for hydroxylation is 1. The van der Waals surface area contributed by atoms with Crippen LogP contribution in [-0.2, 0) is 31.0 Å². The van der Waals surface area contributed by atoms with Gasteiger partial charge in [0.15, 0.2) is 5.96 Å². The quantitative estimate of drug-likeness (QED) is 0.151. The number of nitrogens with zero attached hydrogens (tertiary/aromatic N) is 1. The molecule has 0 saturated carbocycles. The van der Waals surface area contributed by atoms with Crippen LogP contribution in [0.1, 0.15) is 24.0 Å². The molecule has 0 aliphatic heterocycles. The van der Waals surface area contributed by atoms with Crippen LogP contribution in [-0.4, -0.2) is 51.4 Å². The van der Waals surface area contributed by atoms with Crippen LogP contribution < -0.4 is 26.8 Å². The van der Waals surface area contributed by atoms with Gasteiger partial charge in [-0.25, -0.2) is 13.2 Å². The molecule has 0 aromatic heterocycles. The van der Waals surface area contributed by atoms with E-state index in [2.05, 4.69) is 20.3 Å². The first kappa shape index (κ1) is 28.3. The van der Waals surface area contributed by atoms with E-state index in [1.807, 2.05) is 25.1 Å². The van der Waals surface area contributed by atoms with Gasteiger partial charge in [0.1, 0.15) is 12.6 Å². The maximum absolute atomic E-state index is 12.7. The van der Waals surface area contributed by atoms with Gasteiger partial charge >= 0.3 is 6.09 Å². The van der Waals surface area contributed by atoms with E-state index in [0.29, 0.717) is 0 Å². The molecule has 0 heterocycles. The van der Waals surface area contributed by atoms with Gasteiger partial charge in [0.2, 0.25) is 21.8 Å². The fraction of sp³-hybridized carbons (Fsp3) is 0.304. The van der Waals surface area contributed by atoms with E-state index in [4.69, 9.17) is 16.2 Å². The number of aliphatic imine (C=N–C) groups is 1. The Morgan fingerprint density at radius 1 is 1.03 bits per heavy atom. The third-order valence-electron chi connectivity index (χ3n) is 4.76. The number of hydrogen-bond acceptors (Lipinski definition) is 7. The Morgan fingerprint density at radius 2 is 1.69 bits per heavy atom. The van der Waals surface area contributed by atoms with Crippen molar-refractivity contribution in [3.05, 3.63) is 65.7 Å². The number of benzene rings is 2. The first-order valence-electron chi connectivity index (χ1n) is 11.0. The number of amides is 3. The predicted octanol–water partition coefficient (Wildman–Crippen LogP) is 0.265. The molecule has 0 spiro atoms. The molecule has 2 aromatic rings. The molecule has 7 N–H and O–H groups in total. The van der Waals surface area contributed by atoms with Crippen molar-refractivity contribution in [3.8, 4) is 0 Å². The summed E-state index contributed by atoms with van der Waals surface area (Å²) in [7, 11) is -4.02. The second-order valence-corrected chi connectivity index (χ2v) is 9.48. The number of primary amides is 1. The lowest BCUT2D eigenvalue weighted by Crippen LogP contribution is -2.48. The molecule has 12 nitrogen and oxygen atoms in total. The van der Waals surface area contributed by atoms with E-state index in [1.54, 1.807) is 24.3 Å². The van der Waals surface area contributed by atoms with Crippen molar-refractivity contribution in [2.75, 3.05) is 13.1 Å². The molecule has 2 aromatic carbocycles. The molecule has 36 heavy (non-hydrogen) atoms. The molecule has 2 rings (SSSR count). The van der Waals surface area contributed by atoms with Crippen LogP contribution in [0.4, 0.5) is 4.79 Å². The monoisotopic (exact) mass is 518 g/mol. The van der Waals surface area contributed by atoms with E-state index in [0.717, 1.165) is 11.1 Å². The molecule has 0 fully saturated rings. The molecule has 0 aliphatic rings. The predicted molar refractivity (Wildman–Crippen MR) is 133 cm³/mol. The number of hydrogen-bond donors (Lipinski definition) is 5. The standard InChI is InChI=1S/C23H30N6O6S/c1-16-9-11-18(12-10-16)36(33,34)29-19(21(31)27-14-20(24)30)8-5-13-26-22(25)28-23(32)35-15-17-6-3-2-4-7-17/h2-4,6-7,9-12,19,29H,5,8,13-15H2,1H3,(H2,24,30)(H,27,31)(H3,25,26,28,32)/t19-/m1/s1. The normalized spacial score (nSPS) is 12.4. The van der Waals surface area contributed by atoms with Crippen molar-refractivity contribution in [2.24, 2.45) is 16.5 Å². The van der Waals surface area contributed by atoms with Crippen molar-refractivity contribution < 1.29 is 27.5 Å². The van der Waals surface area contributed by atoms with Crippen LogP contribution >= 0.6 is 0 Å². The van der Waals surface area contributed by atoms with E-state index in [1.165, 1.54) is 12.1 Å². The molecule has 0 bridgehead atoms. The highest BCUT2D eigenvalue weighted by atomic mass is 32.2. The number of rotatable bonds is 12. The summed E-state index contributed by atoms with van der Waals surface area (Å²) in [4.78, 5) is 39.3.